The van der Waals surface area contributed by atoms with Gasteiger partial charge in [0, 0.05) is 10.2 Å². The lowest BCUT2D eigenvalue weighted by Crippen LogP contribution is -2.17. The molecule has 0 fully saturated rings. The third-order valence-corrected chi connectivity index (χ3v) is 3.54. The Balaban J connectivity index is 2.35. The molecule has 0 aliphatic carbocycles. The molecule has 0 saturated heterocycles. The van der Waals surface area contributed by atoms with Gasteiger partial charge in [0.1, 0.15) is 0 Å². The van der Waals surface area contributed by atoms with Gasteiger partial charge in [-0.25, -0.2) is 0 Å². The lowest BCUT2D eigenvalue weighted by atomic mass is 10.1. The Morgan fingerprint density at radius 2 is 2.00 bits per heavy atom. The summed E-state index contributed by atoms with van der Waals surface area (Å²) in [7, 11) is 0. The molecule has 1 heterocycles. The normalized spacial score (nSPS) is 16.1. The minimum Gasteiger partial charge on any atom is -0.310 e. The molecule has 0 saturated carbocycles. The summed E-state index contributed by atoms with van der Waals surface area (Å²) in [6, 6.07) is 10.3. The third-order valence-electron chi connectivity index (χ3n) is 1.81. The predicted octanol–water partition coefficient (Wildman–Crippen LogP) is 2.51. The van der Waals surface area contributed by atoms with Crippen LogP contribution in [0, 0.1) is 0 Å². The van der Waals surface area contributed by atoms with E-state index in [9.17, 15) is 0 Å². The number of alkyl halides is 1. The van der Waals surface area contributed by atoms with Gasteiger partial charge in [-0.15, -0.1) is 0 Å². The van der Waals surface area contributed by atoms with Crippen LogP contribution in [0.5, 0.6) is 0 Å². The van der Waals surface area contributed by atoms with Crippen LogP contribution in [0.1, 0.15) is 5.56 Å². The molecule has 0 bridgehead atoms. The van der Waals surface area contributed by atoms with E-state index in [1.54, 1.807) is 11.9 Å². The van der Waals surface area contributed by atoms with Crippen molar-refractivity contribution in [3.8, 4) is 0 Å². The molecular weight excluding hydrogens is 248 g/mol. The summed E-state index contributed by atoms with van der Waals surface area (Å²) in [5.74, 6) is 0. The second kappa shape index (κ2) is 4.17. The number of nitrogens with one attached hydrogen (secondary N) is 2. The highest BCUT2D eigenvalue weighted by Gasteiger charge is 2.14. The zero-order valence-corrected chi connectivity index (χ0v) is 9.28. The van der Waals surface area contributed by atoms with Crippen molar-refractivity contribution in [2.75, 3.05) is 5.33 Å². The van der Waals surface area contributed by atoms with E-state index in [0.717, 1.165) is 5.33 Å². The number of hydrazine groups is 1. The van der Waals surface area contributed by atoms with E-state index in [2.05, 4.69) is 38.3 Å². The Hall–Kier alpha value is -0.450. The van der Waals surface area contributed by atoms with E-state index in [4.69, 9.17) is 0 Å². The number of hydrogen-bond acceptors (Lipinski definition) is 3. The van der Waals surface area contributed by atoms with Gasteiger partial charge in [-0.1, -0.05) is 46.3 Å². The Bertz CT molecular complexity index is 324. The summed E-state index contributed by atoms with van der Waals surface area (Å²) in [6.07, 6.45) is 0. The first-order valence-electron chi connectivity index (χ1n) is 3.94. The van der Waals surface area contributed by atoms with Crippen LogP contribution >= 0.6 is 27.9 Å². The second-order valence-corrected chi connectivity index (χ2v) is 4.09. The van der Waals surface area contributed by atoms with Crippen molar-refractivity contribution >= 4 is 33.6 Å². The van der Waals surface area contributed by atoms with Crippen LogP contribution in [-0.4, -0.2) is 5.33 Å². The van der Waals surface area contributed by atoms with Crippen molar-refractivity contribution in [1.29, 1.82) is 0 Å². The third kappa shape index (κ3) is 1.90. The summed E-state index contributed by atoms with van der Waals surface area (Å²) in [6.45, 7) is 0. The molecule has 2 N–H and O–H groups in total. The quantitative estimate of drug-likeness (QED) is 0.628. The van der Waals surface area contributed by atoms with Crippen LogP contribution < -0.4 is 10.3 Å². The highest BCUT2D eigenvalue weighted by molar-refractivity contribution is 9.09. The molecule has 0 spiro atoms. The van der Waals surface area contributed by atoms with Crippen molar-refractivity contribution in [2.24, 2.45) is 0 Å². The maximum absolute atomic E-state index is 3.46. The fourth-order valence-corrected chi connectivity index (χ4v) is 2.42. The minimum atomic E-state index is 0.877. The lowest BCUT2D eigenvalue weighted by molar-refractivity contribution is 0.916. The highest BCUT2D eigenvalue weighted by Crippen LogP contribution is 2.28. The monoisotopic (exact) mass is 256 g/mol. The first-order chi connectivity index (χ1) is 6.42. The number of allylic oxidation sites excluding steroid dienone is 1. The smallest absolute Gasteiger partial charge is 0.0686 e. The van der Waals surface area contributed by atoms with Gasteiger partial charge in [0.05, 0.1) is 5.70 Å². The maximum atomic E-state index is 3.46. The zero-order valence-electron chi connectivity index (χ0n) is 6.88. The number of benzene rings is 1. The molecule has 2 rings (SSSR count). The summed E-state index contributed by atoms with van der Waals surface area (Å²) < 4.78 is 0. The van der Waals surface area contributed by atoms with Crippen LogP contribution in [0.2, 0.25) is 0 Å². The summed E-state index contributed by atoms with van der Waals surface area (Å²) in [5.41, 5.74) is 5.52. The van der Waals surface area contributed by atoms with Crippen molar-refractivity contribution in [3.05, 3.63) is 40.8 Å². The largest absolute Gasteiger partial charge is 0.310 e. The van der Waals surface area contributed by atoms with Crippen molar-refractivity contribution in [1.82, 2.24) is 10.3 Å². The van der Waals surface area contributed by atoms with Gasteiger partial charge in [0.25, 0.3) is 0 Å². The maximum Gasteiger partial charge on any atom is 0.0686 e. The summed E-state index contributed by atoms with van der Waals surface area (Å²) >= 11 is 5.07. The highest BCUT2D eigenvalue weighted by atomic mass is 79.9. The van der Waals surface area contributed by atoms with Gasteiger partial charge in [-0.05, 0) is 17.5 Å². The summed E-state index contributed by atoms with van der Waals surface area (Å²) in [4.78, 5) is 4.32. The van der Waals surface area contributed by atoms with E-state index in [0.29, 0.717) is 0 Å². The molecule has 1 aliphatic rings. The fraction of sp³-hybridized carbons (Fsp3) is 0.111. The molecule has 1 aromatic carbocycles. The number of rotatable bonds is 2. The van der Waals surface area contributed by atoms with Crippen molar-refractivity contribution in [2.45, 2.75) is 0 Å². The SMILES string of the molecule is BrCC1=C(c2ccccc2)NNS1. The molecule has 2 nitrogen and oxygen atoms in total. The van der Waals surface area contributed by atoms with Crippen LogP contribution in [-0.2, 0) is 0 Å². The van der Waals surface area contributed by atoms with E-state index >= 15 is 0 Å². The molecule has 0 unspecified atom stereocenters. The van der Waals surface area contributed by atoms with Crippen LogP contribution in [0.15, 0.2) is 35.2 Å². The molecule has 68 valence electrons. The average Bonchev–Trinajstić information content (AvgIpc) is 2.67. The Kier molecular flexibility index (Phi) is 2.93. The van der Waals surface area contributed by atoms with Crippen LogP contribution in [0.25, 0.3) is 5.70 Å². The van der Waals surface area contributed by atoms with Gasteiger partial charge in [0.2, 0.25) is 0 Å². The van der Waals surface area contributed by atoms with Crippen molar-refractivity contribution in [3.63, 3.8) is 0 Å². The van der Waals surface area contributed by atoms with E-state index in [-0.39, 0.29) is 0 Å². The lowest BCUT2D eigenvalue weighted by Gasteiger charge is -2.03. The second-order valence-electron chi connectivity index (χ2n) is 2.63. The molecule has 0 atom stereocenters. The van der Waals surface area contributed by atoms with Gasteiger partial charge in [0.15, 0.2) is 0 Å². The molecular formula is C9H9BrN2S. The molecule has 1 aromatic rings. The minimum absolute atomic E-state index is 0.877. The molecule has 0 amide bonds. The molecule has 13 heavy (non-hydrogen) atoms. The first-order valence-corrected chi connectivity index (χ1v) is 5.88. The molecule has 4 heteroatoms. The van der Waals surface area contributed by atoms with Gasteiger partial charge in [-0.2, -0.15) is 4.83 Å². The van der Waals surface area contributed by atoms with E-state index in [1.807, 2.05) is 18.2 Å². The van der Waals surface area contributed by atoms with E-state index < -0.39 is 0 Å². The molecule has 1 aliphatic heterocycles. The number of halogens is 1. The number of hydrogen-bond donors (Lipinski definition) is 2. The Morgan fingerprint density at radius 3 is 2.69 bits per heavy atom. The standard InChI is InChI=1S/C9H9BrN2S/c10-6-8-9(11-12-13-8)7-4-2-1-3-5-7/h1-5,11-12H,6H2. The van der Waals surface area contributed by atoms with Gasteiger partial charge in [-0.3, -0.25) is 0 Å². The van der Waals surface area contributed by atoms with E-state index in [1.165, 1.54) is 16.2 Å². The Morgan fingerprint density at radius 1 is 1.23 bits per heavy atom. The zero-order chi connectivity index (χ0) is 9.10. The molecule has 0 radical (unpaired) electrons. The first kappa shape index (κ1) is 9.12. The van der Waals surface area contributed by atoms with Gasteiger partial charge >= 0.3 is 0 Å². The van der Waals surface area contributed by atoms with Gasteiger partial charge < -0.3 is 5.43 Å². The fourth-order valence-electron chi connectivity index (χ4n) is 1.19. The predicted molar refractivity (Wildman–Crippen MR) is 61.0 cm³/mol. The summed E-state index contributed by atoms with van der Waals surface area (Å²) in [5, 5.41) is 0.877. The van der Waals surface area contributed by atoms with Crippen molar-refractivity contribution < 1.29 is 0 Å². The Labute approximate surface area is 90.0 Å². The van der Waals surface area contributed by atoms with Crippen LogP contribution in [0.4, 0.5) is 0 Å². The topological polar surface area (TPSA) is 24.1 Å². The van der Waals surface area contributed by atoms with Crippen LogP contribution in [0.3, 0.4) is 0 Å². The average molecular weight is 257 g/mol. The molecule has 0 aromatic heterocycles.